The molecule has 7 heteroatoms. The van der Waals surface area contributed by atoms with Gasteiger partial charge in [-0.3, -0.25) is 10.1 Å². The SMILES string of the molecule is CCC(C)N(C)CCNc1ccc(C(=O)O)c([N+](=O)[O-])c1. The zero-order valence-electron chi connectivity index (χ0n) is 12.5. The minimum atomic E-state index is -1.30. The number of carboxylic acid groups (broad SMARTS) is 1. The highest BCUT2D eigenvalue weighted by molar-refractivity contribution is 5.93. The number of nitro benzene ring substituents is 1. The molecule has 0 spiro atoms. The second-order valence-electron chi connectivity index (χ2n) is 4.96. The van der Waals surface area contributed by atoms with E-state index in [4.69, 9.17) is 5.11 Å². The molecule has 1 aromatic rings. The number of carboxylic acids is 1. The first-order valence-electron chi connectivity index (χ1n) is 6.82. The lowest BCUT2D eigenvalue weighted by atomic mass is 10.1. The Labute approximate surface area is 123 Å². The van der Waals surface area contributed by atoms with Gasteiger partial charge in [0, 0.05) is 30.9 Å². The van der Waals surface area contributed by atoms with Crippen LogP contribution in [0.5, 0.6) is 0 Å². The molecular weight excluding hydrogens is 274 g/mol. The fourth-order valence-electron chi connectivity index (χ4n) is 1.88. The van der Waals surface area contributed by atoms with Gasteiger partial charge in [-0.1, -0.05) is 6.92 Å². The number of nitrogens with zero attached hydrogens (tertiary/aromatic N) is 2. The molecular formula is C14H21N3O4. The third kappa shape index (κ3) is 4.71. The van der Waals surface area contributed by atoms with Crippen LogP contribution in [0.15, 0.2) is 18.2 Å². The van der Waals surface area contributed by atoms with E-state index in [-0.39, 0.29) is 5.56 Å². The third-order valence-electron chi connectivity index (χ3n) is 3.56. The molecule has 7 nitrogen and oxygen atoms in total. The number of carbonyl (C=O) groups is 1. The molecule has 0 bridgehead atoms. The summed E-state index contributed by atoms with van der Waals surface area (Å²) in [6.45, 7) is 5.67. The highest BCUT2D eigenvalue weighted by Gasteiger charge is 2.19. The number of hydrogen-bond acceptors (Lipinski definition) is 5. The smallest absolute Gasteiger partial charge is 0.342 e. The van der Waals surface area contributed by atoms with E-state index in [9.17, 15) is 14.9 Å². The minimum absolute atomic E-state index is 0.303. The second-order valence-corrected chi connectivity index (χ2v) is 4.96. The molecule has 2 N–H and O–H groups in total. The number of anilines is 1. The summed E-state index contributed by atoms with van der Waals surface area (Å²) in [4.78, 5) is 23.3. The zero-order chi connectivity index (χ0) is 16.0. The van der Waals surface area contributed by atoms with Crippen molar-refractivity contribution in [3.63, 3.8) is 0 Å². The van der Waals surface area contributed by atoms with Gasteiger partial charge in [0.1, 0.15) is 5.56 Å². The molecule has 0 fully saturated rings. The molecule has 21 heavy (non-hydrogen) atoms. The second kappa shape index (κ2) is 7.58. The van der Waals surface area contributed by atoms with Gasteiger partial charge in [-0.05, 0) is 32.5 Å². The average Bonchev–Trinajstić information content (AvgIpc) is 2.45. The van der Waals surface area contributed by atoms with Crippen LogP contribution in [0.2, 0.25) is 0 Å². The number of likely N-dealkylation sites (N-methyl/N-ethyl adjacent to an activating group) is 1. The van der Waals surface area contributed by atoms with E-state index in [1.807, 2.05) is 7.05 Å². The van der Waals surface area contributed by atoms with Crippen LogP contribution >= 0.6 is 0 Å². The van der Waals surface area contributed by atoms with E-state index < -0.39 is 16.6 Å². The van der Waals surface area contributed by atoms with E-state index >= 15 is 0 Å². The summed E-state index contributed by atoms with van der Waals surface area (Å²) in [5, 5.41) is 22.9. The quantitative estimate of drug-likeness (QED) is 0.565. The van der Waals surface area contributed by atoms with Crippen LogP contribution in [0.1, 0.15) is 30.6 Å². The molecule has 0 saturated heterocycles. The lowest BCUT2D eigenvalue weighted by Crippen LogP contribution is -2.32. The van der Waals surface area contributed by atoms with Crippen molar-refractivity contribution >= 4 is 17.3 Å². The van der Waals surface area contributed by atoms with Gasteiger partial charge in [0.05, 0.1) is 4.92 Å². The van der Waals surface area contributed by atoms with Crippen molar-refractivity contribution in [1.29, 1.82) is 0 Å². The Hall–Kier alpha value is -2.15. The summed E-state index contributed by atoms with van der Waals surface area (Å²) in [7, 11) is 2.02. The summed E-state index contributed by atoms with van der Waals surface area (Å²) in [6, 6.07) is 4.52. The highest BCUT2D eigenvalue weighted by atomic mass is 16.6. The minimum Gasteiger partial charge on any atom is -0.477 e. The van der Waals surface area contributed by atoms with Gasteiger partial charge in [0.2, 0.25) is 0 Å². The van der Waals surface area contributed by atoms with Crippen LogP contribution in [0.25, 0.3) is 0 Å². The van der Waals surface area contributed by atoms with Crippen molar-refractivity contribution in [1.82, 2.24) is 4.90 Å². The lowest BCUT2D eigenvalue weighted by molar-refractivity contribution is -0.385. The van der Waals surface area contributed by atoms with E-state index in [1.165, 1.54) is 12.1 Å². The number of rotatable bonds is 8. The van der Waals surface area contributed by atoms with Gasteiger partial charge < -0.3 is 15.3 Å². The first kappa shape index (κ1) is 16.9. The van der Waals surface area contributed by atoms with Crippen molar-refractivity contribution in [2.75, 3.05) is 25.5 Å². The number of aromatic carboxylic acids is 1. The van der Waals surface area contributed by atoms with Gasteiger partial charge in [-0.15, -0.1) is 0 Å². The van der Waals surface area contributed by atoms with Gasteiger partial charge in [0.15, 0.2) is 0 Å². The van der Waals surface area contributed by atoms with Crippen molar-refractivity contribution in [2.45, 2.75) is 26.3 Å². The van der Waals surface area contributed by atoms with Crippen molar-refractivity contribution < 1.29 is 14.8 Å². The molecule has 0 aliphatic rings. The maximum Gasteiger partial charge on any atom is 0.342 e. The Morgan fingerprint density at radius 2 is 2.19 bits per heavy atom. The molecule has 0 saturated carbocycles. The Balaban J connectivity index is 2.71. The van der Waals surface area contributed by atoms with Crippen LogP contribution in [0, 0.1) is 10.1 Å². The monoisotopic (exact) mass is 295 g/mol. The van der Waals surface area contributed by atoms with Crippen LogP contribution in [-0.2, 0) is 0 Å². The number of hydrogen-bond donors (Lipinski definition) is 2. The predicted octanol–water partition coefficient (Wildman–Crippen LogP) is 2.44. The van der Waals surface area contributed by atoms with Gasteiger partial charge in [0.25, 0.3) is 5.69 Å². The van der Waals surface area contributed by atoms with Crippen LogP contribution in [0.3, 0.4) is 0 Å². The standard InChI is InChI=1S/C14H21N3O4/c1-4-10(2)16(3)8-7-15-11-5-6-12(14(18)19)13(9-11)17(20)21/h5-6,9-10,15H,4,7-8H2,1-3H3,(H,18,19). The van der Waals surface area contributed by atoms with Gasteiger partial charge in [-0.25, -0.2) is 4.79 Å². The fraction of sp³-hybridized carbons (Fsp3) is 0.500. The Bertz CT molecular complexity index is 519. The van der Waals surface area contributed by atoms with Gasteiger partial charge in [-0.2, -0.15) is 0 Å². The maximum absolute atomic E-state index is 10.9. The summed E-state index contributed by atoms with van der Waals surface area (Å²) in [5.41, 5.74) is -0.158. The maximum atomic E-state index is 10.9. The first-order valence-corrected chi connectivity index (χ1v) is 6.82. The topological polar surface area (TPSA) is 95.7 Å². The van der Waals surface area contributed by atoms with E-state index in [0.29, 0.717) is 18.3 Å². The van der Waals surface area contributed by atoms with E-state index in [0.717, 1.165) is 13.0 Å². The van der Waals surface area contributed by atoms with Crippen molar-refractivity contribution in [2.24, 2.45) is 0 Å². The molecule has 0 amide bonds. The summed E-state index contributed by atoms with van der Waals surface area (Å²) in [6.07, 6.45) is 1.05. The fourth-order valence-corrected chi connectivity index (χ4v) is 1.88. The summed E-state index contributed by atoms with van der Waals surface area (Å²) >= 11 is 0. The molecule has 116 valence electrons. The Morgan fingerprint density at radius 3 is 2.71 bits per heavy atom. The van der Waals surface area contributed by atoms with Crippen LogP contribution < -0.4 is 5.32 Å². The highest BCUT2D eigenvalue weighted by Crippen LogP contribution is 2.23. The van der Waals surface area contributed by atoms with Crippen LogP contribution in [-0.4, -0.2) is 47.1 Å². The molecule has 0 aliphatic carbocycles. The van der Waals surface area contributed by atoms with E-state index in [2.05, 4.69) is 24.1 Å². The largest absolute Gasteiger partial charge is 0.477 e. The van der Waals surface area contributed by atoms with Crippen LogP contribution in [0.4, 0.5) is 11.4 Å². The molecule has 1 atom stereocenters. The molecule has 1 rings (SSSR count). The molecule has 1 aromatic carbocycles. The Kier molecular flexibility index (Phi) is 6.10. The average molecular weight is 295 g/mol. The van der Waals surface area contributed by atoms with Crippen molar-refractivity contribution in [3.05, 3.63) is 33.9 Å². The third-order valence-corrected chi connectivity index (χ3v) is 3.56. The number of nitrogens with one attached hydrogen (secondary N) is 1. The molecule has 0 heterocycles. The molecule has 0 aromatic heterocycles. The Morgan fingerprint density at radius 1 is 1.52 bits per heavy atom. The molecule has 1 unspecified atom stereocenters. The first-order chi connectivity index (χ1) is 9.86. The van der Waals surface area contributed by atoms with Crippen molar-refractivity contribution in [3.8, 4) is 0 Å². The number of benzene rings is 1. The van der Waals surface area contributed by atoms with Gasteiger partial charge >= 0.3 is 5.97 Å². The lowest BCUT2D eigenvalue weighted by Gasteiger charge is -2.23. The zero-order valence-corrected chi connectivity index (χ0v) is 12.5. The summed E-state index contributed by atoms with van der Waals surface area (Å²) < 4.78 is 0. The molecule has 0 aliphatic heterocycles. The van der Waals surface area contributed by atoms with E-state index in [1.54, 1.807) is 6.07 Å². The predicted molar refractivity (Wildman–Crippen MR) is 80.9 cm³/mol. The molecule has 0 radical (unpaired) electrons. The number of nitro groups is 1. The summed E-state index contributed by atoms with van der Waals surface area (Å²) in [5.74, 6) is -1.30. The normalized spacial score (nSPS) is 12.2.